The molecule has 1 aromatic rings. The van der Waals surface area contributed by atoms with Crippen LogP contribution in [0.3, 0.4) is 0 Å². The van der Waals surface area contributed by atoms with E-state index in [-0.39, 0.29) is 5.82 Å². The molecule has 84 valence electrons. The van der Waals surface area contributed by atoms with Gasteiger partial charge in [0.05, 0.1) is 5.69 Å². The molecule has 0 aliphatic heterocycles. The van der Waals surface area contributed by atoms with Gasteiger partial charge in [-0.1, -0.05) is 26.3 Å². The number of benzene rings is 1. The van der Waals surface area contributed by atoms with Gasteiger partial charge in [0.25, 0.3) is 0 Å². The molecule has 1 atom stereocenters. The van der Waals surface area contributed by atoms with Crippen LogP contribution in [0.2, 0.25) is 0 Å². The van der Waals surface area contributed by atoms with Crippen LogP contribution in [0.4, 0.5) is 10.1 Å². The van der Waals surface area contributed by atoms with Crippen LogP contribution >= 0.6 is 0 Å². The summed E-state index contributed by atoms with van der Waals surface area (Å²) in [4.78, 5) is 0. The zero-order valence-electron chi connectivity index (χ0n) is 9.81. The fourth-order valence-electron chi connectivity index (χ4n) is 1.70. The van der Waals surface area contributed by atoms with Crippen LogP contribution in [0.15, 0.2) is 18.2 Å². The van der Waals surface area contributed by atoms with E-state index < -0.39 is 0 Å². The second-order valence-corrected chi connectivity index (χ2v) is 4.02. The molecule has 0 bridgehead atoms. The number of hydrogen-bond donors (Lipinski definition) is 1. The maximum absolute atomic E-state index is 13.4. The molecule has 0 saturated carbocycles. The normalized spacial score (nSPS) is 12.5. The van der Waals surface area contributed by atoms with E-state index in [0.29, 0.717) is 11.7 Å². The number of rotatable bonds is 5. The average molecular weight is 209 g/mol. The number of hydrogen-bond acceptors (Lipinski definition) is 1. The molecule has 1 rings (SSSR count). The Kier molecular flexibility index (Phi) is 4.60. The zero-order valence-corrected chi connectivity index (χ0v) is 9.81. The van der Waals surface area contributed by atoms with Crippen molar-refractivity contribution in [3.05, 3.63) is 29.6 Å². The summed E-state index contributed by atoms with van der Waals surface area (Å²) in [6.07, 6.45) is 3.24. The largest absolute Gasteiger partial charge is 0.380 e. The van der Waals surface area contributed by atoms with Crippen molar-refractivity contribution in [1.29, 1.82) is 0 Å². The highest BCUT2D eigenvalue weighted by Crippen LogP contribution is 2.18. The van der Waals surface area contributed by atoms with Crippen molar-refractivity contribution in [2.24, 2.45) is 0 Å². The first-order valence-electron chi connectivity index (χ1n) is 5.70. The summed E-state index contributed by atoms with van der Waals surface area (Å²) in [6, 6.07) is 5.57. The van der Waals surface area contributed by atoms with E-state index in [1.54, 1.807) is 6.07 Å². The Bertz CT molecular complexity index is 309. The van der Waals surface area contributed by atoms with Crippen LogP contribution in [-0.2, 0) is 0 Å². The first-order valence-corrected chi connectivity index (χ1v) is 5.70. The first-order chi connectivity index (χ1) is 7.17. The van der Waals surface area contributed by atoms with Crippen molar-refractivity contribution in [2.75, 3.05) is 5.32 Å². The number of anilines is 1. The van der Waals surface area contributed by atoms with E-state index in [9.17, 15) is 4.39 Å². The Morgan fingerprint density at radius 1 is 1.33 bits per heavy atom. The number of nitrogens with one attached hydrogen (secondary N) is 1. The highest BCUT2D eigenvalue weighted by molar-refractivity contribution is 5.47. The molecule has 0 amide bonds. The molecule has 0 heterocycles. The van der Waals surface area contributed by atoms with Crippen LogP contribution in [0.1, 0.15) is 38.7 Å². The molecule has 0 fully saturated rings. The van der Waals surface area contributed by atoms with Gasteiger partial charge in [-0.25, -0.2) is 4.39 Å². The van der Waals surface area contributed by atoms with Crippen LogP contribution in [0.5, 0.6) is 0 Å². The van der Waals surface area contributed by atoms with Crippen LogP contribution in [0.25, 0.3) is 0 Å². The van der Waals surface area contributed by atoms with Gasteiger partial charge in [-0.15, -0.1) is 0 Å². The van der Waals surface area contributed by atoms with Gasteiger partial charge in [-0.3, -0.25) is 0 Å². The van der Waals surface area contributed by atoms with Crippen molar-refractivity contribution >= 4 is 5.69 Å². The second-order valence-electron chi connectivity index (χ2n) is 4.02. The molecule has 1 nitrogen and oxygen atoms in total. The number of aryl methyl sites for hydroxylation is 1. The third-order valence-corrected chi connectivity index (χ3v) is 2.61. The molecule has 1 N–H and O–H groups in total. The maximum Gasteiger partial charge on any atom is 0.146 e. The Hall–Kier alpha value is -1.05. The molecule has 1 aromatic carbocycles. The zero-order chi connectivity index (χ0) is 11.3. The summed E-state index contributed by atoms with van der Waals surface area (Å²) in [5, 5.41) is 3.26. The smallest absolute Gasteiger partial charge is 0.146 e. The van der Waals surface area contributed by atoms with Crippen LogP contribution in [0, 0.1) is 12.7 Å². The molecule has 0 aliphatic rings. The van der Waals surface area contributed by atoms with Gasteiger partial charge in [0.1, 0.15) is 5.82 Å². The van der Waals surface area contributed by atoms with E-state index in [0.717, 1.165) is 24.8 Å². The lowest BCUT2D eigenvalue weighted by Crippen LogP contribution is -2.18. The minimum Gasteiger partial charge on any atom is -0.380 e. The fourth-order valence-corrected chi connectivity index (χ4v) is 1.70. The van der Waals surface area contributed by atoms with E-state index in [2.05, 4.69) is 19.2 Å². The molecule has 0 radical (unpaired) electrons. The predicted octanol–water partition coefficient (Wildman–Crippen LogP) is 4.12. The van der Waals surface area contributed by atoms with E-state index in [4.69, 9.17) is 0 Å². The molecule has 1 unspecified atom stereocenters. The standard InChI is InChI=1S/C13H20FN/c1-4-6-11(5-2)15-13-9-10(3)7-8-12(13)14/h7-9,11,15H,4-6H2,1-3H3. The Morgan fingerprint density at radius 2 is 2.07 bits per heavy atom. The fraction of sp³-hybridized carbons (Fsp3) is 0.538. The first kappa shape index (κ1) is 12.0. The maximum atomic E-state index is 13.4. The van der Waals surface area contributed by atoms with Crippen molar-refractivity contribution in [3.63, 3.8) is 0 Å². The van der Waals surface area contributed by atoms with Crippen molar-refractivity contribution in [3.8, 4) is 0 Å². The molecular weight excluding hydrogens is 189 g/mol. The predicted molar refractivity (Wildman–Crippen MR) is 63.7 cm³/mol. The second kappa shape index (κ2) is 5.74. The van der Waals surface area contributed by atoms with Gasteiger partial charge in [-0.05, 0) is 37.5 Å². The lowest BCUT2D eigenvalue weighted by atomic mass is 10.1. The van der Waals surface area contributed by atoms with E-state index in [1.807, 2.05) is 13.0 Å². The van der Waals surface area contributed by atoms with Gasteiger partial charge in [0.15, 0.2) is 0 Å². The molecular formula is C13H20FN. The van der Waals surface area contributed by atoms with E-state index in [1.165, 1.54) is 6.07 Å². The minimum absolute atomic E-state index is 0.157. The number of halogens is 1. The summed E-state index contributed by atoms with van der Waals surface area (Å²) in [5.41, 5.74) is 1.72. The average Bonchev–Trinajstić information content (AvgIpc) is 2.22. The molecule has 2 heteroatoms. The lowest BCUT2D eigenvalue weighted by Gasteiger charge is -2.18. The Labute approximate surface area is 91.7 Å². The van der Waals surface area contributed by atoms with Gasteiger partial charge in [0, 0.05) is 6.04 Å². The SMILES string of the molecule is CCCC(CC)Nc1cc(C)ccc1F. The highest BCUT2D eigenvalue weighted by Gasteiger charge is 2.08. The third kappa shape index (κ3) is 3.54. The lowest BCUT2D eigenvalue weighted by molar-refractivity contribution is 0.599. The Morgan fingerprint density at radius 3 is 2.67 bits per heavy atom. The summed E-state index contributed by atoms with van der Waals surface area (Å²) in [5.74, 6) is -0.157. The quantitative estimate of drug-likeness (QED) is 0.769. The van der Waals surface area contributed by atoms with Gasteiger partial charge < -0.3 is 5.32 Å². The molecule has 0 saturated heterocycles. The van der Waals surface area contributed by atoms with Crippen LogP contribution < -0.4 is 5.32 Å². The summed E-state index contributed by atoms with van der Waals surface area (Å²) in [7, 11) is 0. The summed E-state index contributed by atoms with van der Waals surface area (Å²) < 4.78 is 13.4. The molecule has 0 aliphatic carbocycles. The van der Waals surface area contributed by atoms with Gasteiger partial charge in [0.2, 0.25) is 0 Å². The summed E-state index contributed by atoms with van der Waals surface area (Å²) >= 11 is 0. The van der Waals surface area contributed by atoms with Crippen LogP contribution in [-0.4, -0.2) is 6.04 Å². The summed E-state index contributed by atoms with van der Waals surface area (Å²) in [6.45, 7) is 6.25. The van der Waals surface area contributed by atoms with Gasteiger partial charge in [-0.2, -0.15) is 0 Å². The third-order valence-electron chi connectivity index (χ3n) is 2.61. The van der Waals surface area contributed by atoms with E-state index >= 15 is 0 Å². The van der Waals surface area contributed by atoms with Crippen molar-refractivity contribution < 1.29 is 4.39 Å². The highest BCUT2D eigenvalue weighted by atomic mass is 19.1. The van der Waals surface area contributed by atoms with Gasteiger partial charge >= 0.3 is 0 Å². The minimum atomic E-state index is -0.157. The topological polar surface area (TPSA) is 12.0 Å². The van der Waals surface area contributed by atoms with Crippen molar-refractivity contribution in [2.45, 2.75) is 46.1 Å². The molecule has 0 aromatic heterocycles. The van der Waals surface area contributed by atoms with Crippen molar-refractivity contribution in [1.82, 2.24) is 0 Å². The molecule has 0 spiro atoms. The Balaban J connectivity index is 2.73. The molecule has 15 heavy (non-hydrogen) atoms. The monoisotopic (exact) mass is 209 g/mol.